The number of benzene rings is 3. The first-order valence-corrected chi connectivity index (χ1v) is 9.49. The minimum Gasteiger partial charge on any atom is -0.457 e. The lowest BCUT2D eigenvalue weighted by atomic mass is 10.1. The van der Waals surface area contributed by atoms with Gasteiger partial charge in [0.15, 0.2) is 0 Å². The Kier molecular flexibility index (Phi) is 5.56. The Balaban J connectivity index is 1.39. The number of cyclic esters (lactones) is 1. The minimum atomic E-state index is -0.372. The van der Waals surface area contributed by atoms with Gasteiger partial charge in [-0.3, -0.25) is 4.90 Å². The molecule has 5 nitrogen and oxygen atoms in total. The van der Waals surface area contributed by atoms with Crippen LogP contribution in [0.3, 0.4) is 0 Å². The van der Waals surface area contributed by atoms with Gasteiger partial charge >= 0.3 is 12.1 Å². The number of carbonyl (C=O) groups is 2. The van der Waals surface area contributed by atoms with Gasteiger partial charge in [0.2, 0.25) is 0 Å². The smallest absolute Gasteiger partial charge is 0.410 e. The number of carbonyl (C=O) groups excluding carboxylic acids is 2. The lowest BCUT2D eigenvalue weighted by Crippen LogP contribution is -2.27. The molecule has 1 aliphatic rings. The maximum atomic E-state index is 12.3. The van der Waals surface area contributed by atoms with E-state index in [1.165, 1.54) is 0 Å². The van der Waals surface area contributed by atoms with Crippen LogP contribution < -0.4 is 0 Å². The summed E-state index contributed by atoms with van der Waals surface area (Å²) in [6.45, 7) is 0.990. The van der Waals surface area contributed by atoms with Crippen LogP contribution in [0.1, 0.15) is 33.1 Å². The van der Waals surface area contributed by atoms with E-state index in [-0.39, 0.29) is 24.7 Å². The number of rotatable bonds is 6. The summed E-state index contributed by atoms with van der Waals surface area (Å²) in [4.78, 5) is 26.1. The molecule has 1 amide bonds. The molecule has 1 fully saturated rings. The largest absolute Gasteiger partial charge is 0.457 e. The summed E-state index contributed by atoms with van der Waals surface area (Å²) < 4.78 is 10.6. The highest BCUT2D eigenvalue weighted by Crippen LogP contribution is 2.29. The molecule has 1 heterocycles. The average Bonchev–Trinajstić information content (AvgIpc) is 3.14. The maximum Gasteiger partial charge on any atom is 0.410 e. The third kappa shape index (κ3) is 4.46. The Morgan fingerprint density at radius 1 is 0.897 bits per heavy atom. The zero-order valence-corrected chi connectivity index (χ0v) is 15.9. The van der Waals surface area contributed by atoms with Crippen molar-refractivity contribution in [2.45, 2.75) is 19.2 Å². The number of esters is 1. The highest BCUT2D eigenvalue weighted by atomic mass is 16.6. The molecule has 1 aliphatic heterocycles. The highest BCUT2D eigenvalue weighted by molar-refractivity contribution is 5.89. The standard InChI is InChI=1S/C24H21NO4/c26-23(28-16-19-7-3-1-4-8-19)21-13-11-18(12-14-21)15-25-22(17-29-24(25)27)20-9-5-2-6-10-20/h1-14,22H,15-17H2/t22-/m0/s1. The third-order valence-electron chi connectivity index (χ3n) is 4.92. The number of hydrogen-bond acceptors (Lipinski definition) is 4. The number of ether oxygens (including phenoxy) is 2. The van der Waals surface area contributed by atoms with E-state index < -0.39 is 0 Å². The molecule has 3 aromatic carbocycles. The molecule has 4 rings (SSSR count). The quantitative estimate of drug-likeness (QED) is 0.574. The monoisotopic (exact) mass is 387 g/mol. The summed E-state index contributed by atoms with van der Waals surface area (Å²) in [5, 5.41) is 0. The van der Waals surface area contributed by atoms with Gasteiger partial charge in [0.1, 0.15) is 13.2 Å². The Labute approximate surface area is 169 Å². The summed E-state index contributed by atoms with van der Waals surface area (Å²) in [5.41, 5.74) is 3.38. The van der Waals surface area contributed by atoms with E-state index in [9.17, 15) is 9.59 Å². The molecule has 0 N–H and O–H groups in total. The summed E-state index contributed by atoms with van der Waals surface area (Å²) >= 11 is 0. The molecule has 1 saturated heterocycles. The van der Waals surface area contributed by atoms with Gasteiger partial charge in [0.25, 0.3) is 0 Å². The van der Waals surface area contributed by atoms with Crippen molar-refractivity contribution in [1.82, 2.24) is 4.90 Å². The highest BCUT2D eigenvalue weighted by Gasteiger charge is 2.33. The van der Waals surface area contributed by atoms with Gasteiger partial charge < -0.3 is 9.47 Å². The van der Waals surface area contributed by atoms with Crippen LogP contribution in [0.15, 0.2) is 84.9 Å². The van der Waals surface area contributed by atoms with Gasteiger partial charge in [-0.15, -0.1) is 0 Å². The first-order chi connectivity index (χ1) is 14.2. The van der Waals surface area contributed by atoms with Gasteiger partial charge in [-0.2, -0.15) is 0 Å². The lowest BCUT2D eigenvalue weighted by Gasteiger charge is -2.21. The van der Waals surface area contributed by atoms with E-state index in [4.69, 9.17) is 9.47 Å². The fourth-order valence-corrected chi connectivity index (χ4v) is 3.33. The molecular weight excluding hydrogens is 366 g/mol. The summed E-state index contributed by atoms with van der Waals surface area (Å²) in [6.07, 6.45) is -0.329. The van der Waals surface area contributed by atoms with Crippen molar-refractivity contribution in [2.24, 2.45) is 0 Å². The van der Waals surface area contributed by atoms with Crippen LogP contribution in [0.5, 0.6) is 0 Å². The average molecular weight is 387 g/mol. The molecule has 0 radical (unpaired) electrons. The Morgan fingerprint density at radius 2 is 1.55 bits per heavy atom. The number of hydrogen-bond donors (Lipinski definition) is 0. The summed E-state index contributed by atoms with van der Waals surface area (Å²) in [5.74, 6) is -0.372. The van der Waals surface area contributed by atoms with Gasteiger partial charge in [-0.1, -0.05) is 72.8 Å². The molecule has 29 heavy (non-hydrogen) atoms. The molecule has 0 aliphatic carbocycles. The molecular formula is C24H21NO4. The number of nitrogens with zero attached hydrogens (tertiary/aromatic N) is 1. The lowest BCUT2D eigenvalue weighted by molar-refractivity contribution is 0.0472. The predicted molar refractivity (Wildman–Crippen MR) is 108 cm³/mol. The zero-order valence-electron chi connectivity index (χ0n) is 15.9. The van der Waals surface area contributed by atoms with E-state index in [1.807, 2.05) is 72.8 Å². The Hall–Kier alpha value is -3.60. The molecule has 0 spiro atoms. The van der Waals surface area contributed by atoms with Crippen molar-refractivity contribution in [3.8, 4) is 0 Å². The predicted octanol–water partition coefficient (Wildman–Crippen LogP) is 4.74. The normalized spacial score (nSPS) is 15.8. The molecule has 0 unspecified atom stereocenters. The van der Waals surface area contributed by atoms with E-state index in [0.29, 0.717) is 18.7 Å². The summed E-state index contributed by atoms with van der Waals surface area (Å²) in [6, 6.07) is 26.4. The van der Waals surface area contributed by atoms with Gasteiger partial charge in [0.05, 0.1) is 11.6 Å². The second kappa shape index (κ2) is 8.61. The van der Waals surface area contributed by atoms with Gasteiger partial charge in [0, 0.05) is 6.54 Å². The van der Waals surface area contributed by atoms with Crippen molar-refractivity contribution < 1.29 is 19.1 Å². The molecule has 5 heteroatoms. The molecule has 0 aromatic heterocycles. The Morgan fingerprint density at radius 3 is 2.24 bits per heavy atom. The van der Waals surface area contributed by atoms with Crippen LogP contribution in [0, 0.1) is 0 Å². The minimum absolute atomic E-state index is 0.112. The topological polar surface area (TPSA) is 55.8 Å². The fourth-order valence-electron chi connectivity index (χ4n) is 3.33. The second-order valence-electron chi connectivity index (χ2n) is 6.89. The molecule has 1 atom stereocenters. The second-order valence-corrected chi connectivity index (χ2v) is 6.89. The molecule has 0 bridgehead atoms. The van der Waals surface area contributed by atoms with Gasteiger partial charge in [-0.25, -0.2) is 9.59 Å². The van der Waals surface area contributed by atoms with E-state index in [2.05, 4.69) is 0 Å². The van der Waals surface area contributed by atoms with Crippen LogP contribution >= 0.6 is 0 Å². The van der Waals surface area contributed by atoms with Gasteiger partial charge in [-0.05, 0) is 28.8 Å². The van der Waals surface area contributed by atoms with Crippen molar-refractivity contribution in [2.75, 3.05) is 6.61 Å². The SMILES string of the molecule is O=C(OCc1ccccc1)c1ccc(CN2C(=O)OC[C@H]2c2ccccc2)cc1. The zero-order chi connectivity index (χ0) is 20.1. The molecule has 3 aromatic rings. The van der Waals surface area contributed by atoms with Crippen LogP contribution in [0.2, 0.25) is 0 Å². The van der Waals surface area contributed by atoms with Crippen molar-refractivity contribution in [1.29, 1.82) is 0 Å². The Bertz CT molecular complexity index is 971. The van der Waals surface area contributed by atoms with Crippen LogP contribution in [-0.4, -0.2) is 23.6 Å². The fraction of sp³-hybridized carbons (Fsp3) is 0.167. The van der Waals surface area contributed by atoms with Crippen molar-refractivity contribution in [3.63, 3.8) is 0 Å². The van der Waals surface area contributed by atoms with Crippen LogP contribution in [0.25, 0.3) is 0 Å². The third-order valence-corrected chi connectivity index (χ3v) is 4.92. The molecule has 146 valence electrons. The number of amides is 1. The first kappa shape index (κ1) is 18.7. The van der Waals surface area contributed by atoms with Crippen LogP contribution in [0.4, 0.5) is 4.79 Å². The van der Waals surface area contributed by atoms with E-state index in [0.717, 1.165) is 16.7 Å². The van der Waals surface area contributed by atoms with E-state index in [1.54, 1.807) is 17.0 Å². The van der Waals surface area contributed by atoms with Crippen molar-refractivity contribution >= 4 is 12.1 Å². The maximum absolute atomic E-state index is 12.3. The van der Waals surface area contributed by atoms with Crippen LogP contribution in [-0.2, 0) is 22.6 Å². The first-order valence-electron chi connectivity index (χ1n) is 9.49. The summed E-state index contributed by atoms with van der Waals surface area (Å²) in [7, 11) is 0. The van der Waals surface area contributed by atoms with Crippen molar-refractivity contribution in [3.05, 3.63) is 107 Å². The molecule has 0 saturated carbocycles. The van der Waals surface area contributed by atoms with E-state index >= 15 is 0 Å².